The fourth-order valence-corrected chi connectivity index (χ4v) is 1.97. The number of ether oxygens (including phenoxy) is 1. The van der Waals surface area contributed by atoms with Crippen LogP contribution in [-0.4, -0.2) is 6.21 Å². The predicted octanol–water partition coefficient (Wildman–Crippen LogP) is 4.85. The van der Waals surface area contributed by atoms with Gasteiger partial charge < -0.3 is 4.74 Å². The van der Waals surface area contributed by atoms with Crippen molar-refractivity contribution in [2.75, 3.05) is 0 Å². The van der Waals surface area contributed by atoms with Crippen LogP contribution in [-0.2, 0) is 0 Å². The second-order valence-electron chi connectivity index (χ2n) is 3.65. The van der Waals surface area contributed by atoms with Crippen LogP contribution in [0.25, 0.3) is 0 Å². The van der Waals surface area contributed by atoms with Gasteiger partial charge in [0.2, 0.25) is 0 Å². The molecule has 0 N–H and O–H groups in total. The van der Waals surface area contributed by atoms with Crippen LogP contribution in [0.1, 0.15) is 5.56 Å². The number of aliphatic imine (C=N–C) groups is 1. The Morgan fingerprint density at radius 3 is 2.53 bits per heavy atom. The molecule has 0 spiro atoms. The van der Waals surface area contributed by atoms with Gasteiger partial charge in [0.25, 0.3) is 0 Å². The highest BCUT2D eigenvalue weighted by molar-refractivity contribution is 6.31. The lowest BCUT2D eigenvalue weighted by Gasteiger charge is -2.08. The van der Waals surface area contributed by atoms with Gasteiger partial charge in [-0.15, -0.1) is 0 Å². The van der Waals surface area contributed by atoms with Gasteiger partial charge in [0.1, 0.15) is 11.4 Å². The molecule has 84 valence electrons. The van der Waals surface area contributed by atoms with Crippen molar-refractivity contribution in [3.63, 3.8) is 0 Å². The van der Waals surface area contributed by atoms with Gasteiger partial charge in [-0.05, 0) is 30.3 Å². The van der Waals surface area contributed by atoms with Crippen molar-refractivity contribution in [3.05, 3.63) is 52.0 Å². The lowest BCUT2D eigenvalue weighted by molar-refractivity contribution is 0.485. The summed E-state index contributed by atoms with van der Waals surface area (Å²) in [5.74, 6) is 1.37. The maximum atomic E-state index is 5.94. The average molecular weight is 264 g/mol. The summed E-state index contributed by atoms with van der Waals surface area (Å²) in [7, 11) is 0. The third-order valence-corrected chi connectivity index (χ3v) is 2.93. The third-order valence-electron chi connectivity index (χ3n) is 2.46. The average Bonchev–Trinajstić information content (AvgIpc) is 2.47. The minimum Gasteiger partial charge on any atom is -0.454 e. The highest BCUT2D eigenvalue weighted by Gasteiger charge is 2.12. The molecule has 2 aromatic rings. The van der Waals surface area contributed by atoms with Gasteiger partial charge in [0.15, 0.2) is 5.75 Å². The van der Waals surface area contributed by atoms with Crippen molar-refractivity contribution in [1.29, 1.82) is 0 Å². The van der Waals surface area contributed by atoms with E-state index in [1.165, 1.54) is 0 Å². The van der Waals surface area contributed by atoms with Gasteiger partial charge in [-0.2, -0.15) is 0 Å². The molecule has 4 heteroatoms. The number of rotatable bonds is 0. The highest BCUT2D eigenvalue weighted by Crippen LogP contribution is 2.38. The largest absolute Gasteiger partial charge is 0.454 e. The fourth-order valence-electron chi connectivity index (χ4n) is 1.64. The number of benzene rings is 2. The summed E-state index contributed by atoms with van der Waals surface area (Å²) in [6.07, 6.45) is 1.74. The van der Waals surface area contributed by atoms with E-state index in [-0.39, 0.29) is 0 Å². The van der Waals surface area contributed by atoms with Crippen molar-refractivity contribution in [2.45, 2.75) is 0 Å². The lowest BCUT2D eigenvalue weighted by atomic mass is 10.2. The molecule has 17 heavy (non-hydrogen) atoms. The van der Waals surface area contributed by atoms with Crippen LogP contribution >= 0.6 is 23.2 Å². The molecule has 0 radical (unpaired) electrons. The van der Waals surface area contributed by atoms with Crippen molar-refractivity contribution in [1.82, 2.24) is 0 Å². The molecule has 1 aliphatic rings. The molecule has 0 aromatic heterocycles. The summed E-state index contributed by atoms with van der Waals surface area (Å²) in [6.45, 7) is 0. The van der Waals surface area contributed by atoms with Crippen molar-refractivity contribution >= 4 is 35.1 Å². The summed E-state index contributed by atoms with van der Waals surface area (Å²) >= 11 is 11.9. The summed E-state index contributed by atoms with van der Waals surface area (Å²) in [5.41, 5.74) is 1.60. The van der Waals surface area contributed by atoms with E-state index in [0.717, 1.165) is 5.56 Å². The molecule has 2 nitrogen and oxygen atoms in total. The highest BCUT2D eigenvalue weighted by atomic mass is 35.5. The van der Waals surface area contributed by atoms with Gasteiger partial charge in [-0.1, -0.05) is 23.2 Å². The molecule has 3 rings (SSSR count). The second-order valence-corrected chi connectivity index (χ2v) is 4.53. The first-order chi connectivity index (χ1) is 8.22. The van der Waals surface area contributed by atoms with E-state index < -0.39 is 0 Å². The Morgan fingerprint density at radius 2 is 1.65 bits per heavy atom. The zero-order valence-corrected chi connectivity index (χ0v) is 10.2. The first kappa shape index (κ1) is 10.6. The molecular weight excluding hydrogens is 257 g/mol. The predicted molar refractivity (Wildman–Crippen MR) is 70.2 cm³/mol. The van der Waals surface area contributed by atoms with Gasteiger partial charge in [-0.3, -0.25) is 4.99 Å². The lowest BCUT2D eigenvalue weighted by Crippen LogP contribution is -1.87. The molecule has 0 unspecified atom stereocenters. The van der Waals surface area contributed by atoms with Gasteiger partial charge in [0.05, 0.1) is 0 Å². The van der Waals surface area contributed by atoms with E-state index >= 15 is 0 Å². The van der Waals surface area contributed by atoms with E-state index in [2.05, 4.69) is 4.99 Å². The number of hydrogen-bond donors (Lipinski definition) is 0. The molecular formula is C13H7Cl2NO. The minimum atomic E-state index is 0.633. The van der Waals surface area contributed by atoms with Crippen LogP contribution in [0.5, 0.6) is 11.5 Å². The maximum absolute atomic E-state index is 5.94. The number of halogens is 2. The summed E-state index contributed by atoms with van der Waals surface area (Å²) in [5, 5.41) is 1.27. The first-order valence-corrected chi connectivity index (χ1v) is 5.79. The van der Waals surface area contributed by atoms with Crippen molar-refractivity contribution < 1.29 is 4.74 Å². The van der Waals surface area contributed by atoms with Gasteiger partial charge in [0, 0.05) is 27.9 Å². The normalized spacial score (nSPS) is 12.4. The van der Waals surface area contributed by atoms with Crippen LogP contribution < -0.4 is 4.74 Å². The zero-order valence-electron chi connectivity index (χ0n) is 8.65. The van der Waals surface area contributed by atoms with E-state index in [1.54, 1.807) is 36.5 Å². The molecule has 0 saturated heterocycles. The molecule has 2 aromatic carbocycles. The quantitative estimate of drug-likeness (QED) is 0.568. The molecule has 1 aliphatic heterocycles. The fraction of sp³-hybridized carbons (Fsp3) is 0. The second kappa shape index (κ2) is 4.06. The van der Waals surface area contributed by atoms with E-state index in [1.807, 2.05) is 6.07 Å². The Balaban J connectivity index is 2.16. The van der Waals surface area contributed by atoms with Gasteiger partial charge in [-0.25, -0.2) is 0 Å². The maximum Gasteiger partial charge on any atom is 0.153 e. The van der Waals surface area contributed by atoms with Crippen LogP contribution in [0.2, 0.25) is 10.0 Å². The molecule has 1 heterocycles. The SMILES string of the molecule is Clc1ccc2c(c1)N=Cc1ccc(Cl)cc1O2. The monoisotopic (exact) mass is 263 g/mol. The standard InChI is InChI=1S/C13H7Cl2NO/c14-9-3-4-12-11(5-9)16-7-8-1-2-10(15)6-13(8)17-12/h1-7H. The van der Waals surface area contributed by atoms with Crippen LogP contribution in [0.3, 0.4) is 0 Å². The first-order valence-electron chi connectivity index (χ1n) is 5.03. The zero-order chi connectivity index (χ0) is 11.8. The third kappa shape index (κ3) is 2.02. The molecule has 0 saturated carbocycles. The Kier molecular flexibility index (Phi) is 2.54. The molecule has 0 fully saturated rings. The Labute approximate surface area is 108 Å². The summed E-state index contributed by atoms with van der Waals surface area (Å²) < 4.78 is 5.77. The Hall–Kier alpha value is -1.51. The van der Waals surface area contributed by atoms with Crippen LogP contribution in [0.4, 0.5) is 5.69 Å². The summed E-state index contributed by atoms with van der Waals surface area (Å²) in [6, 6.07) is 10.8. The van der Waals surface area contributed by atoms with E-state index in [4.69, 9.17) is 27.9 Å². The smallest absolute Gasteiger partial charge is 0.153 e. The Morgan fingerprint density at radius 1 is 0.882 bits per heavy atom. The Bertz CT molecular complexity index is 623. The number of nitrogens with zero attached hydrogens (tertiary/aromatic N) is 1. The van der Waals surface area contributed by atoms with Gasteiger partial charge >= 0.3 is 0 Å². The van der Waals surface area contributed by atoms with Crippen molar-refractivity contribution in [3.8, 4) is 11.5 Å². The van der Waals surface area contributed by atoms with Crippen molar-refractivity contribution in [2.24, 2.45) is 4.99 Å². The number of fused-ring (bicyclic) bond motifs is 2. The minimum absolute atomic E-state index is 0.633. The number of hydrogen-bond acceptors (Lipinski definition) is 2. The molecule has 0 atom stereocenters. The van der Waals surface area contributed by atoms with Crippen LogP contribution in [0, 0.1) is 0 Å². The van der Waals surface area contributed by atoms with E-state index in [0.29, 0.717) is 27.2 Å². The molecule has 0 aliphatic carbocycles. The summed E-state index contributed by atoms with van der Waals surface area (Å²) in [4.78, 5) is 4.34. The molecule has 0 bridgehead atoms. The molecule has 0 amide bonds. The topological polar surface area (TPSA) is 21.6 Å². The van der Waals surface area contributed by atoms with Crippen LogP contribution in [0.15, 0.2) is 41.4 Å². The van der Waals surface area contributed by atoms with E-state index in [9.17, 15) is 0 Å².